The number of hydrogen-bond acceptors (Lipinski definition) is 5. The van der Waals surface area contributed by atoms with Crippen LogP contribution in [0.2, 0.25) is 0 Å². The molecule has 1 amide bonds. The summed E-state index contributed by atoms with van der Waals surface area (Å²) in [5, 5.41) is 6.01. The predicted molar refractivity (Wildman–Crippen MR) is 78.2 cm³/mol. The maximum absolute atomic E-state index is 12.4. The van der Waals surface area contributed by atoms with E-state index >= 15 is 0 Å². The third-order valence-electron chi connectivity index (χ3n) is 3.03. The van der Waals surface area contributed by atoms with Crippen molar-refractivity contribution in [1.82, 2.24) is 15.5 Å². The van der Waals surface area contributed by atoms with Crippen LogP contribution in [0, 0.1) is 0 Å². The summed E-state index contributed by atoms with van der Waals surface area (Å²) in [6.07, 6.45) is -3.99. The first-order chi connectivity index (χ1) is 11.4. The fourth-order valence-corrected chi connectivity index (χ4v) is 1.85. The summed E-state index contributed by atoms with van der Waals surface area (Å²) < 4.78 is 46.6. The minimum atomic E-state index is -4.69. The number of halogens is 3. The molecule has 2 aromatic rings. The molecule has 0 saturated heterocycles. The summed E-state index contributed by atoms with van der Waals surface area (Å²) in [6, 6.07) is 5.88. The Morgan fingerprint density at radius 3 is 2.58 bits per heavy atom. The topological polar surface area (TPSA) is 77.2 Å². The Balaban J connectivity index is 1.95. The first-order valence-electron chi connectivity index (χ1n) is 7.29. The summed E-state index contributed by atoms with van der Waals surface area (Å²) in [7, 11) is 0. The molecule has 9 heteroatoms. The van der Waals surface area contributed by atoms with Gasteiger partial charge in [-0.1, -0.05) is 17.3 Å². The molecule has 0 spiro atoms. The number of nitrogens with one attached hydrogen (secondary N) is 1. The normalized spacial score (nSPS) is 11.5. The molecule has 2 rings (SSSR count). The van der Waals surface area contributed by atoms with E-state index in [1.165, 1.54) is 24.3 Å². The highest BCUT2D eigenvalue weighted by Crippen LogP contribution is 2.29. The third kappa shape index (κ3) is 4.79. The van der Waals surface area contributed by atoms with Crippen molar-refractivity contribution in [2.75, 3.05) is 19.8 Å². The number of rotatable bonds is 7. The maximum Gasteiger partial charge on any atom is 0.471 e. The molecule has 24 heavy (non-hydrogen) atoms. The molecule has 0 aliphatic heterocycles. The molecule has 0 unspecified atom stereocenters. The van der Waals surface area contributed by atoms with E-state index in [0.717, 1.165) is 0 Å². The Morgan fingerprint density at radius 1 is 1.29 bits per heavy atom. The summed E-state index contributed by atoms with van der Waals surface area (Å²) in [6.45, 7) is 3.55. The van der Waals surface area contributed by atoms with Gasteiger partial charge in [-0.15, -0.1) is 0 Å². The number of nitrogens with zero attached hydrogens (tertiary/aromatic N) is 2. The van der Waals surface area contributed by atoms with E-state index in [2.05, 4.69) is 20.0 Å². The minimum Gasteiger partial charge on any atom is -0.382 e. The highest BCUT2D eigenvalue weighted by molar-refractivity contribution is 5.94. The number of benzene rings is 1. The number of amides is 1. The molecule has 0 aliphatic carbocycles. The number of hydrogen-bond donors (Lipinski definition) is 1. The van der Waals surface area contributed by atoms with Gasteiger partial charge in [-0.2, -0.15) is 18.2 Å². The zero-order valence-corrected chi connectivity index (χ0v) is 12.9. The molecule has 1 N–H and O–H groups in total. The fraction of sp³-hybridized carbons (Fsp3) is 0.400. The van der Waals surface area contributed by atoms with E-state index in [1.54, 1.807) is 0 Å². The van der Waals surface area contributed by atoms with E-state index in [0.29, 0.717) is 37.3 Å². The Bertz CT molecular complexity index is 669. The van der Waals surface area contributed by atoms with Crippen LogP contribution in [0.3, 0.4) is 0 Å². The van der Waals surface area contributed by atoms with Crippen LogP contribution in [0.4, 0.5) is 13.2 Å². The monoisotopic (exact) mass is 343 g/mol. The van der Waals surface area contributed by atoms with Crippen LogP contribution in [0.25, 0.3) is 11.4 Å². The van der Waals surface area contributed by atoms with Crippen molar-refractivity contribution in [3.63, 3.8) is 0 Å². The summed E-state index contributed by atoms with van der Waals surface area (Å²) in [5.41, 5.74) is 0.705. The molecule has 0 aliphatic rings. The van der Waals surface area contributed by atoms with Gasteiger partial charge in [0.15, 0.2) is 0 Å². The SMILES string of the molecule is CCOCCCNC(=O)c1ccc(-c2noc(C(F)(F)F)n2)cc1. The van der Waals surface area contributed by atoms with E-state index in [9.17, 15) is 18.0 Å². The van der Waals surface area contributed by atoms with Crippen molar-refractivity contribution in [2.45, 2.75) is 19.5 Å². The van der Waals surface area contributed by atoms with Gasteiger partial charge in [0.1, 0.15) is 0 Å². The smallest absolute Gasteiger partial charge is 0.382 e. The molecule has 6 nitrogen and oxygen atoms in total. The third-order valence-corrected chi connectivity index (χ3v) is 3.03. The van der Waals surface area contributed by atoms with Gasteiger partial charge >= 0.3 is 12.1 Å². The number of ether oxygens (including phenoxy) is 1. The molecule has 1 heterocycles. The Labute approximate surface area is 136 Å². The highest BCUT2D eigenvalue weighted by atomic mass is 19.4. The van der Waals surface area contributed by atoms with Crippen LogP contribution in [0.1, 0.15) is 29.6 Å². The van der Waals surface area contributed by atoms with Gasteiger partial charge in [0, 0.05) is 30.9 Å². The molecular formula is C15H16F3N3O3. The van der Waals surface area contributed by atoms with Crippen LogP contribution >= 0.6 is 0 Å². The van der Waals surface area contributed by atoms with Crippen molar-refractivity contribution in [2.24, 2.45) is 0 Å². The van der Waals surface area contributed by atoms with E-state index in [4.69, 9.17) is 4.74 Å². The molecule has 0 saturated carbocycles. The number of carbonyl (C=O) groups excluding carboxylic acids is 1. The van der Waals surface area contributed by atoms with Crippen LogP contribution in [-0.4, -0.2) is 35.8 Å². The zero-order valence-electron chi connectivity index (χ0n) is 12.9. The van der Waals surface area contributed by atoms with Crippen molar-refractivity contribution >= 4 is 5.91 Å². The lowest BCUT2D eigenvalue weighted by Crippen LogP contribution is -2.25. The number of alkyl halides is 3. The second-order valence-corrected chi connectivity index (χ2v) is 4.80. The molecule has 0 bridgehead atoms. The predicted octanol–water partition coefficient (Wildman–Crippen LogP) is 2.91. The molecular weight excluding hydrogens is 327 g/mol. The second kappa shape index (κ2) is 7.91. The quantitative estimate of drug-likeness (QED) is 0.782. The lowest BCUT2D eigenvalue weighted by Gasteiger charge is -2.05. The fourth-order valence-electron chi connectivity index (χ4n) is 1.85. The van der Waals surface area contributed by atoms with Crippen molar-refractivity contribution in [3.05, 3.63) is 35.7 Å². The lowest BCUT2D eigenvalue weighted by atomic mass is 10.1. The van der Waals surface area contributed by atoms with Crippen LogP contribution in [0.15, 0.2) is 28.8 Å². The molecule has 0 atom stereocenters. The van der Waals surface area contributed by atoms with Gasteiger partial charge in [-0.25, -0.2) is 0 Å². The first kappa shape index (κ1) is 17.9. The Hall–Kier alpha value is -2.42. The number of aromatic nitrogens is 2. The summed E-state index contributed by atoms with van der Waals surface area (Å²) >= 11 is 0. The maximum atomic E-state index is 12.4. The lowest BCUT2D eigenvalue weighted by molar-refractivity contribution is -0.159. The average molecular weight is 343 g/mol. The van der Waals surface area contributed by atoms with Gasteiger partial charge in [-0.3, -0.25) is 4.79 Å². The van der Waals surface area contributed by atoms with Crippen LogP contribution in [0.5, 0.6) is 0 Å². The molecule has 0 radical (unpaired) electrons. The zero-order chi connectivity index (χ0) is 17.6. The van der Waals surface area contributed by atoms with Gasteiger partial charge in [0.25, 0.3) is 5.91 Å². The van der Waals surface area contributed by atoms with E-state index < -0.39 is 12.1 Å². The van der Waals surface area contributed by atoms with Gasteiger partial charge in [0.05, 0.1) is 0 Å². The van der Waals surface area contributed by atoms with Crippen molar-refractivity contribution < 1.29 is 27.2 Å². The standard InChI is InChI=1S/C15H16F3N3O3/c1-2-23-9-3-8-19-13(22)11-6-4-10(5-7-11)12-20-14(24-21-12)15(16,17)18/h4-7H,2-3,8-9H2,1H3,(H,19,22). The average Bonchev–Trinajstić information content (AvgIpc) is 3.05. The largest absolute Gasteiger partial charge is 0.471 e. The summed E-state index contributed by atoms with van der Waals surface area (Å²) in [5.74, 6) is -1.87. The van der Waals surface area contributed by atoms with E-state index in [1.807, 2.05) is 6.92 Å². The van der Waals surface area contributed by atoms with Gasteiger partial charge in [0.2, 0.25) is 5.82 Å². The molecule has 1 aromatic heterocycles. The number of carbonyl (C=O) groups is 1. The highest BCUT2D eigenvalue weighted by Gasteiger charge is 2.38. The van der Waals surface area contributed by atoms with Crippen molar-refractivity contribution in [1.29, 1.82) is 0 Å². The molecule has 130 valence electrons. The van der Waals surface area contributed by atoms with Gasteiger partial charge < -0.3 is 14.6 Å². The van der Waals surface area contributed by atoms with E-state index in [-0.39, 0.29) is 11.7 Å². The summed E-state index contributed by atoms with van der Waals surface area (Å²) in [4.78, 5) is 15.2. The van der Waals surface area contributed by atoms with Gasteiger partial charge in [-0.05, 0) is 25.5 Å². The first-order valence-corrected chi connectivity index (χ1v) is 7.29. The van der Waals surface area contributed by atoms with Crippen LogP contribution in [-0.2, 0) is 10.9 Å². The minimum absolute atomic E-state index is 0.189. The Morgan fingerprint density at radius 2 is 2.00 bits per heavy atom. The second-order valence-electron chi connectivity index (χ2n) is 4.80. The molecule has 1 aromatic carbocycles. The van der Waals surface area contributed by atoms with Crippen molar-refractivity contribution in [3.8, 4) is 11.4 Å². The Kier molecular flexibility index (Phi) is 5.91. The molecule has 0 fully saturated rings. The van der Waals surface area contributed by atoms with Crippen LogP contribution < -0.4 is 5.32 Å².